The summed E-state index contributed by atoms with van der Waals surface area (Å²) in [6.45, 7) is 1.70. The molecule has 0 aliphatic rings. The van der Waals surface area contributed by atoms with Crippen LogP contribution in [-0.2, 0) is 0 Å². The molecule has 0 radical (unpaired) electrons. The van der Waals surface area contributed by atoms with Crippen LogP contribution in [0.5, 0.6) is 0 Å². The van der Waals surface area contributed by atoms with Gasteiger partial charge in [-0.05, 0) is 36.8 Å². The molecule has 0 atom stereocenters. The first-order chi connectivity index (χ1) is 9.51. The second-order valence-electron chi connectivity index (χ2n) is 4.11. The highest BCUT2D eigenvalue weighted by molar-refractivity contribution is 6.31. The van der Waals surface area contributed by atoms with Gasteiger partial charge in [0.15, 0.2) is 6.29 Å². The minimum atomic E-state index is -0.497. The fourth-order valence-electron chi connectivity index (χ4n) is 1.63. The zero-order valence-electron chi connectivity index (χ0n) is 10.5. The normalized spacial score (nSPS) is 10.2. The maximum absolute atomic E-state index is 13.2. The number of aldehydes is 1. The lowest BCUT2D eigenvalue weighted by Gasteiger charge is -2.08. The van der Waals surface area contributed by atoms with Crippen molar-refractivity contribution in [2.24, 2.45) is 0 Å². The van der Waals surface area contributed by atoms with E-state index in [4.69, 9.17) is 11.6 Å². The highest BCUT2D eigenvalue weighted by Crippen LogP contribution is 2.17. The van der Waals surface area contributed by atoms with Crippen LogP contribution < -0.4 is 5.32 Å². The number of anilines is 1. The fourth-order valence-corrected chi connectivity index (χ4v) is 1.82. The Labute approximate surface area is 119 Å². The summed E-state index contributed by atoms with van der Waals surface area (Å²) in [5.41, 5.74) is 1.08. The number of carbonyl (C=O) groups excluding carboxylic acids is 2. The topological polar surface area (TPSA) is 59.1 Å². The Morgan fingerprint density at radius 1 is 1.35 bits per heavy atom. The Balaban J connectivity index is 2.25. The van der Waals surface area contributed by atoms with Gasteiger partial charge in [-0.2, -0.15) is 0 Å². The molecule has 1 amide bonds. The molecule has 1 N–H and O–H groups in total. The maximum Gasteiger partial charge on any atom is 0.257 e. The van der Waals surface area contributed by atoms with Gasteiger partial charge in [-0.3, -0.25) is 9.59 Å². The zero-order chi connectivity index (χ0) is 14.7. The van der Waals surface area contributed by atoms with E-state index in [2.05, 4.69) is 10.3 Å². The largest absolute Gasteiger partial charge is 0.307 e. The van der Waals surface area contributed by atoms with Crippen molar-refractivity contribution in [3.05, 3.63) is 58.0 Å². The van der Waals surface area contributed by atoms with E-state index in [1.165, 1.54) is 24.3 Å². The van der Waals surface area contributed by atoms with E-state index < -0.39 is 11.7 Å². The van der Waals surface area contributed by atoms with Crippen LogP contribution in [0.25, 0.3) is 0 Å². The van der Waals surface area contributed by atoms with Gasteiger partial charge in [0, 0.05) is 5.56 Å². The van der Waals surface area contributed by atoms with Crippen molar-refractivity contribution in [2.45, 2.75) is 6.92 Å². The van der Waals surface area contributed by atoms with Gasteiger partial charge in [-0.25, -0.2) is 9.37 Å². The predicted molar refractivity (Wildman–Crippen MR) is 73.7 cm³/mol. The second-order valence-corrected chi connectivity index (χ2v) is 4.47. The molecule has 20 heavy (non-hydrogen) atoms. The Kier molecular flexibility index (Phi) is 4.10. The van der Waals surface area contributed by atoms with Crippen LogP contribution in [0.4, 0.5) is 10.2 Å². The molecule has 2 rings (SSSR count). The van der Waals surface area contributed by atoms with Crippen LogP contribution in [0.3, 0.4) is 0 Å². The minimum absolute atomic E-state index is 0.00577. The Morgan fingerprint density at radius 2 is 2.10 bits per heavy atom. The van der Waals surface area contributed by atoms with E-state index in [0.717, 1.165) is 6.07 Å². The molecule has 0 unspecified atom stereocenters. The van der Waals surface area contributed by atoms with Gasteiger partial charge < -0.3 is 5.32 Å². The van der Waals surface area contributed by atoms with Crippen LogP contribution in [-0.4, -0.2) is 17.2 Å². The molecular formula is C14H10ClFN2O2. The molecular weight excluding hydrogens is 283 g/mol. The molecule has 1 heterocycles. The van der Waals surface area contributed by atoms with Crippen LogP contribution >= 0.6 is 11.6 Å². The predicted octanol–water partition coefficient (Wildman–Crippen LogP) is 3.25. The molecule has 0 saturated heterocycles. The molecule has 6 heteroatoms. The van der Waals surface area contributed by atoms with Crippen molar-refractivity contribution in [3.63, 3.8) is 0 Å². The van der Waals surface area contributed by atoms with E-state index in [0.29, 0.717) is 11.8 Å². The number of nitrogens with one attached hydrogen (secondary N) is 1. The number of nitrogens with zero attached hydrogens (tertiary/aromatic N) is 1. The second kappa shape index (κ2) is 5.79. The van der Waals surface area contributed by atoms with Crippen molar-refractivity contribution in [1.82, 2.24) is 4.98 Å². The molecule has 1 aromatic heterocycles. The number of rotatable bonds is 3. The maximum atomic E-state index is 13.2. The Bertz CT molecular complexity index is 689. The first-order valence-electron chi connectivity index (χ1n) is 5.70. The molecule has 0 bridgehead atoms. The summed E-state index contributed by atoms with van der Waals surface area (Å²) in [6.07, 6.45) is 0.567. The van der Waals surface area contributed by atoms with Gasteiger partial charge in [-0.1, -0.05) is 17.7 Å². The van der Waals surface area contributed by atoms with Gasteiger partial charge in [0.2, 0.25) is 0 Å². The molecule has 0 aliphatic heterocycles. The Hall–Kier alpha value is -2.27. The third-order valence-corrected chi connectivity index (χ3v) is 2.99. The molecule has 4 nitrogen and oxygen atoms in total. The molecule has 2 aromatic rings. The summed E-state index contributed by atoms with van der Waals surface area (Å²) in [7, 11) is 0. The van der Waals surface area contributed by atoms with E-state index >= 15 is 0 Å². The lowest BCUT2D eigenvalue weighted by atomic mass is 10.1. The third kappa shape index (κ3) is 3.00. The standard InChI is InChI=1S/C14H10ClFN2O2/c1-8-2-4-10(16)6-11(8)14(20)18-12-5-3-9(7-19)13(15)17-12/h2-7H,1H3,(H,17,18,20). The van der Waals surface area contributed by atoms with Crippen molar-refractivity contribution in [1.29, 1.82) is 0 Å². The molecule has 102 valence electrons. The summed E-state index contributed by atoms with van der Waals surface area (Å²) in [5, 5.41) is 2.50. The average molecular weight is 293 g/mol. The summed E-state index contributed by atoms with van der Waals surface area (Å²) < 4.78 is 13.2. The van der Waals surface area contributed by atoms with Crippen molar-refractivity contribution in [3.8, 4) is 0 Å². The van der Waals surface area contributed by atoms with Gasteiger partial charge in [0.25, 0.3) is 5.91 Å². The van der Waals surface area contributed by atoms with E-state index in [1.807, 2.05) is 0 Å². The van der Waals surface area contributed by atoms with E-state index in [1.54, 1.807) is 6.92 Å². The quantitative estimate of drug-likeness (QED) is 0.698. The first kappa shape index (κ1) is 14.1. The summed E-state index contributed by atoms with van der Waals surface area (Å²) in [4.78, 5) is 26.5. The number of aryl methyl sites for hydroxylation is 1. The number of aromatic nitrogens is 1. The van der Waals surface area contributed by atoms with E-state index in [9.17, 15) is 14.0 Å². The number of hydrogen-bond donors (Lipinski definition) is 1. The summed E-state index contributed by atoms with van der Waals surface area (Å²) in [5.74, 6) is -0.804. The van der Waals surface area contributed by atoms with Crippen molar-refractivity contribution < 1.29 is 14.0 Å². The smallest absolute Gasteiger partial charge is 0.257 e. The number of hydrogen-bond acceptors (Lipinski definition) is 3. The Morgan fingerprint density at radius 3 is 2.75 bits per heavy atom. The van der Waals surface area contributed by atoms with Crippen LogP contribution in [0.2, 0.25) is 5.15 Å². The van der Waals surface area contributed by atoms with E-state index in [-0.39, 0.29) is 22.1 Å². The summed E-state index contributed by atoms with van der Waals surface area (Å²) in [6, 6.07) is 6.82. The molecule has 0 aliphatic carbocycles. The number of benzene rings is 1. The van der Waals surface area contributed by atoms with Gasteiger partial charge in [-0.15, -0.1) is 0 Å². The minimum Gasteiger partial charge on any atom is -0.307 e. The zero-order valence-corrected chi connectivity index (χ0v) is 11.2. The number of pyridine rings is 1. The van der Waals surface area contributed by atoms with Crippen LogP contribution in [0.1, 0.15) is 26.3 Å². The first-order valence-corrected chi connectivity index (χ1v) is 6.08. The van der Waals surface area contributed by atoms with Gasteiger partial charge in [0.1, 0.15) is 16.8 Å². The number of carbonyl (C=O) groups is 2. The lowest BCUT2D eigenvalue weighted by molar-refractivity contribution is 0.102. The molecule has 0 fully saturated rings. The van der Waals surface area contributed by atoms with Crippen molar-refractivity contribution in [2.75, 3.05) is 5.32 Å². The molecule has 0 saturated carbocycles. The number of halogens is 2. The van der Waals surface area contributed by atoms with Gasteiger partial charge >= 0.3 is 0 Å². The molecule has 0 spiro atoms. The number of amides is 1. The molecule has 1 aromatic carbocycles. The van der Waals surface area contributed by atoms with Gasteiger partial charge in [0.05, 0.1) is 5.56 Å². The van der Waals surface area contributed by atoms with Crippen LogP contribution in [0.15, 0.2) is 30.3 Å². The monoisotopic (exact) mass is 292 g/mol. The van der Waals surface area contributed by atoms with Crippen LogP contribution in [0, 0.1) is 12.7 Å². The highest BCUT2D eigenvalue weighted by atomic mass is 35.5. The van der Waals surface area contributed by atoms with Crippen molar-refractivity contribution >= 4 is 29.6 Å². The average Bonchev–Trinajstić information content (AvgIpc) is 2.41. The highest BCUT2D eigenvalue weighted by Gasteiger charge is 2.12. The lowest BCUT2D eigenvalue weighted by Crippen LogP contribution is -2.14. The third-order valence-electron chi connectivity index (χ3n) is 2.69. The summed E-state index contributed by atoms with van der Waals surface area (Å²) >= 11 is 5.76. The SMILES string of the molecule is Cc1ccc(F)cc1C(=O)Nc1ccc(C=O)c(Cl)n1. The fraction of sp³-hybridized carbons (Fsp3) is 0.0714.